The fraction of sp³-hybridized carbons (Fsp3) is 1.00. The summed E-state index contributed by atoms with van der Waals surface area (Å²) >= 11 is 0. The monoisotopic (exact) mass is 192 g/mol. The molecule has 0 radical (unpaired) electrons. The zero-order chi connectivity index (χ0) is 9.61. The Balaban J connectivity index is 3.64. The Hall–Kier alpha value is -0.780. The molecule has 0 fully saturated rings. The molecule has 1 atom stereocenters. The van der Waals surface area contributed by atoms with Gasteiger partial charge in [-0.1, -0.05) is 12.0 Å². The summed E-state index contributed by atoms with van der Waals surface area (Å²) in [5.41, 5.74) is 8.01. The first-order valence-corrected chi connectivity index (χ1v) is 5.22. The topological polar surface area (TPSA) is 109 Å². The summed E-state index contributed by atoms with van der Waals surface area (Å²) in [5, 5.41) is 8.15. The maximum atomic E-state index is 10.4. The predicted octanol–water partition coefficient (Wildman–Crippen LogP) is 0.754. The summed E-state index contributed by atoms with van der Waals surface area (Å²) < 4.78 is 20.9. The van der Waals surface area contributed by atoms with Gasteiger partial charge in [0.1, 0.15) is 0 Å². The average molecular weight is 192 g/mol. The van der Waals surface area contributed by atoms with Gasteiger partial charge in [-0.2, -0.15) is 0 Å². The van der Waals surface area contributed by atoms with Crippen LogP contribution in [0.4, 0.5) is 0 Å². The second-order valence-electron chi connectivity index (χ2n) is 2.56. The van der Waals surface area contributed by atoms with E-state index in [0.717, 1.165) is 0 Å². The van der Waals surface area contributed by atoms with Crippen LogP contribution < -0.4 is 5.14 Å². The highest BCUT2D eigenvalue weighted by molar-refractivity contribution is 7.89. The van der Waals surface area contributed by atoms with E-state index in [2.05, 4.69) is 10.0 Å². The van der Waals surface area contributed by atoms with Crippen molar-refractivity contribution in [3.63, 3.8) is 0 Å². The summed E-state index contributed by atoms with van der Waals surface area (Å²) in [4.78, 5) is 2.59. The smallest absolute Gasteiger partial charge is 0.209 e. The van der Waals surface area contributed by atoms with Gasteiger partial charge in [0.05, 0.1) is 5.75 Å². The Bertz CT molecular complexity index is 267. The summed E-state index contributed by atoms with van der Waals surface area (Å²) in [6, 6.07) is -0.170. The Morgan fingerprint density at radius 3 is 2.67 bits per heavy atom. The normalized spacial score (nSPS) is 13.5. The summed E-state index contributed by atoms with van der Waals surface area (Å²) in [6.45, 7) is 1.73. The van der Waals surface area contributed by atoms with Crippen molar-refractivity contribution in [2.45, 2.75) is 25.8 Å². The summed E-state index contributed by atoms with van der Waals surface area (Å²) in [5.74, 6) is -0.0573. The Labute approximate surface area is 71.4 Å². The van der Waals surface area contributed by atoms with Gasteiger partial charge < -0.3 is 0 Å². The third-order valence-electron chi connectivity index (χ3n) is 1.30. The van der Waals surface area contributed by atoms with Crippen LogP contribution in [0.15, 0.2) is 5.11 Å². The minimum Gasteiger partial charge on any atom is -0.229 e. The van der Waals surface area contributed by atoms with Crippen molar-refractivity contribution >= 4 is 10.0 Å². The number of sulfonamides is 1. The van der Waals surface area contributed by atoms with Gasteiger partial charge in [0.2, 0.25) is 10.0 Å². The average Bonchev–Trinajstić information content (AvgIpc) is 1.84. The molecule has 0 spiro atoms. The van der Waals surface area contributed by atoms with Crippen LogP contribution in [-0.2, 0) is 10.0 Å². The largest absolute Gasteiger partial charge is 0.229 e. The second-order valence-corrected chi connectivity index (χ2v) is 4.30. The number of primary sulfonamides is 1. The van der Waals surface area contributed by atoms with Gasteiger partial charge in [-0.3, -0.25) is 0 Å². The molecule has 0 saturated carbocycles. The fourth-order valence-electron chi connectivity index (χ4n) is 0.726. The first-order chi connectivity index (χ1) is 5.45. The van der Waals surface area contributed by atoms with E-state index in [-0.39, 0.29) is 11.8 Å². The minimum absolute atomic E-state index is 0.0573. The molecule has 1 unspecified atom stereocenters. The van der Waals surface area contributed by atoms with Crippen molar-refractivity contribution in [3.05, 3.63) is 10.4 Å². The van der Waals surface area contributed by atoms with Crippen molar-refractivity contribution < 1.29 is 8.42 Å². The lowest BCUT2D eigenvalue weighted by atomic mass is 10.2. The van der Waals surface area contributed by atoms with Gasteiger partial charge in [0.25, 0.3) is 0 Å². The van der Waals surface area contributed by atoms with Crippen LogP contribution in [0.25, 0.3) is 10.4 Å². The lowest BCUT2D eigenvalue weighted by molar-refractivity contribution is 0.586. The zero-order valence-corrected chi connectivity index (χ0v) is 7.66. The van der Waals surface area contributed by atoms with Gasteiger partial charge in [0.15, 0.2) is 0 Å². The molecule has 0 aliphatic rings. The highest BCUT2D eigenvalue weighted by Gasteiger charge is 2.04. The number of azide groups is 1. The standard InChI is InChI=1S/C5H12N4O2S/c1-5(8-9-6)3-2-4-12(7,10)11/h5H,2-4H2,1H3,(H2,7,10,11). The minimum atomic E-state index is -3.37. The molecule has 0 amide bonds. The van der Waals surface area contributed by atoms with E-state index in [0.29, 0.717) is 12.8 Å². The molecule has 0 aromatic heterocycles. The van der Waals surface area contributed by atoms with E-state index in [1.807, 2.05) is 0 Å². The van der Waals surface area contributed by atoms with Crippen molar-refractivity contribution in [3.8, 4) is 0 Å². The van der Waals surface area contributed by atoms with Gasteiger partial charge in [-0.05, 0) is 18.4 Å². The van der Waals surface area contributed by atoms with E-state index < -0.39 is 10.0 Å². The molecule has 70 valence electrons. The maximum absolute atomic E-state index is 10.4. The Kier molecular flexibility index (Phi) is 4.65. The molecule has 0 rings (SSSR count). The maximum Gasteiger partial charge on any atom is 0.209 e. The van der Waals surface area contributed by atoms with E-state index in [1.54, 1.807) is 6.92 Å². The molecule has 6 nitrogen and oxygen atoms in total. The number of nitrogens with zero attached hydrogens (tertiary/aromatic N) is 3. The molecule has 2 N–H and O–H groups in total. The number of nitrogens with two attached hydrogens (primary N) is 1. The fourth-order valence-corrected chi connectivity index (χ4v) is 1.29. The van der Waals surface area contributed by atoms with E-state index in [1.165, 1.54) is 0 Å². The summed E-state index contributed by atoms with van der Waals surface area (Å²) in [7, 11) is -3.37. The molecule has 12 heavy (non-hydrogen) atoms. The lowest BCUT2D eigenvalue weighted by Crippen LogP contribution is -2.17. The highest BCUT2D eigenvalue weighted by Crippen LogP contribution is 2.01. The third-order valence-corrected chi connectivity index (χ3v) is 2.16. The molecule has 0 aromatic rings. The summed E-state index contributed by atoms with van der Waals surface area (Å²) in [6.07, 6.45) is 0.972. The lowest BCUT2D eigenvalue weighted by Gasteiger charge is -2.01. The SMILES string of the molecule is CC(CCCS(N)(=O)=O)N=[N+]=[N-]. The molecule has 7 heteroatoms. The van der Waals surface area contributed by atoms with Crippen molar-refractivity contribution in [2.75, 3.05) is 5.75 Å². The molecule has 0 heterocycles. The molecular weight excluding hydrogens is 180 g/mol. The number of hydrogen-bond donors (Lipinski definition) is 1. The Morgan fingerprint density at radius 1 is 1.67 bits per heavy atom. The van der Waals surface area contributed by atoms with Gasteiger partial charge >= 0.3 is 0 Å². The van der Waals surface area contributed by atoms with Crippen LogP contribution in [0.3, 0.4) is 0 Å². The quantitative estimate of drug-likeness (QED) is 0.394. The van der Waals surface area contributed by atoms with Crippen LogP contribution >= 0.6 is 0 Å². The van der Waals surface area contributed by atoms with Crippen LogP contribution in [0, 0.1) is 0 Å². The van der Waals surface area contributed by atoms with Gasteiger partial charge in [-0.25, -0.2) is 13.6 Å². The van der Waals surface area contributed by atoms with E-state index in [4.69, 9.17) is 10.7 Å². The zero-order valence-electron chi connectivity index (χ0n) is 6.84. The van der Waals surface area contributed by atoms with Crippen LogP contribution in [0.1, 0.15) is 19.8 Å². The highest BCUT2D eigenvalue weighted by atomic mass is 32.2. The first-order valence-electron chi connectivity index (χ1n) is 3.50. The van der Waals surface area contributed by atoms with E-state index in [9.17, 15) is 8.42 Å². The number of rotatable bonds is 5. The van der Waals surface area contributed by atoms with E-state index >= 15 is 0 Å². The Morgan fingerprint density at radius 2 is 2.25 bits per heavy atom. The molecular formula is C5H12N4O2S. The predicted molar refractivity (Wildman–Crippen MR) is 45.8 cm³/mol. The van der Waals surface area contributed by atoms with Gasteiger partial charge in [-0.15, -0.1) is 0 Å². The molecule has 0 aromatic carbocycles. The molecule has 0 saturated heterocycles. The van der Waals surface area contributed by atoms with Crippen molar-refractivity contribution in [2.24, 2.45) is 10.3 Å². The van der Waals surface area contributed by atoms with Crippen LogP contribution in [0.5, 0.6) is 0 Å². The van der Waals surface area contributed by atoms with Crippen molar-refractivity contribution in [1.82, 2.24) is 0 Å². The van der Waals surface area contributed by atoms with Crippen LogP contribution in [-0.4, -0.2) is 20.2 Å². The first kappa shape index (κ1) is 11.2. The van der Waals surface area contributed by atoms with Crippen LogP contribution in [0.2, 0.25) is 0 Å². The second kappa shape index (κ2) is 4.97. The molecule has 0 aliphatic carbocycles. The molecule has 0 bridgehead atoms. The number of hydrogen-bond acceptors (Lipinski definition) is 3. The molecule has 0 aliphatic heterocycles. The van der Waals surface area contributed by atoms with Gasteiger partial charge in [0, 0.05) is 11.0 Å². The van der Waals surface area contributed by atoms with Crippen molar-refractivity contribution in [1.29, 1.82) is 0 Å². The third kappa shape index (κ3) is 7.33.